The predicted octanol–water partition coefficient (Wildman–Crippen LogP) is 3.09. The minimum absolute atomic E-state index is 0.227. The van der Waals surface area contributed by atoms with Crippen LogP contribution in [-0.4, -0.2) is 15.6 Å². The van der Waals surface area contributed by atoms with E-state index in [4.69, 9.17) is 16.3 Å². The molecule has 0 amide bonds. The van der Waals surface area contributed by atoms with Crippen LogP contribution in [0.25, 0.3) is 0 Å². The summed E-state index contributed by atoms with van der Waals surface area (Å²) in [6.45, 7) is 8.01. The minimum Gasteiger partial charge on any atom is -0.457 e. The van der Waals surface area contributed by atoms with Crippen molar-refractivity contribution in [1.82, 2.24) is 9.97 Å². The van der Waals surface area contributed by atoms with Crippen LogP contribution in [0, 0.1) is 6.92 Å². The third-order valence-electron chi connectivity index (χ3n) is 2.42. The Hall–Kier alpha value is -0.830. The lowest BCUT2D eigenvalue weighted by molar-refractivity contribution is 0.0921. The number of alkyl halides is 1. The van der Waals surface area contributed by atoms with Gasteiger partial charge >= 0.3 is 6.01 Å². The van der Waals surface area contributed by atoms with Crippen molar-refractivity contribution in [3.8, 4) is 6.01 Å². The number of ether oxygens (including phenoxy) is 1. The van der Waals surface area contributed by atoms with E-state index in [1.165, 1.54) is 0 Å². The number of hydrogen-bond acceptors (Lipinski definition) is 3. The van der Waals surface area contributed by atoms with Crippen LogP contribution in [0.15, 0.2) is 6.20 Å². The lowest BCUT2D eigenvalue weighted by atomic mass is 10.1. The van der Waals surface area contributed by atoms with Crippen LogP contribution in [-0.2, 0) is 5.88 Å². The van der Waals surface area contributed by atoms with E-state index in [9.17, 15) is 0 Å². The molecule has 1 aromatic heterocycles. The molecule has 0 aliphatic heterocycles. The average molecular weight is 229 g/mol. The zero-order valence-corrected chi connectivity index (χ0v) is 10.4. The molecule has 0 N–H and O–H groups in total. The summed E-state index contributed by atoms with van der Waals surface area (Å²) in [5.74, 6) is 0.434. The van der Waals surface area contributed by atoms with E-state index in [-0.39, 0.29) is 5.60 Å². The van der Waals surface area contributed by atoms with Gasteiger partial charge in [0.05, 0.1) is 5.88 Å². The average Bonchev–Trinajstić information content (AvgIpc) is 2.17. The number of aryl methyl sites for hydroxylation is 1. The van der Waals surface area contributed by atoms with Gasteiger partial charge in [-0.15, -0.1) is 11.6 Å². The highest BCUT2D eigenvalue weighted by molar-refractivity contribution is 6.17. The first kappa shape index (κ1) is 12.2. The summed E-state index contributed by atoms with van der Waals surface area (Å²) < 4.78 is 5.67. The van der Waals surface area contributed by atoms with Crippen molar-refractivity contribution in [2.45, 2.75) is 45.6 Å². The normalized spacial score (nSPS) is 11.5. The fourth-order valence-electron chi connectivity index (χ4n) is 0.970. The van der Waals surface area contributed by atoms with Crippen LogP contribution in [0.2, 0.25) is 0 Å². The third kappa shape index (κ3) is 3.34. The Morgan fingerprint density at radius 2 is 2.13 bits per heavy atom. The van der Waals surface area contributed by atoms with Gasteiger partial charge in [-0.25, -0.2) is 9.97 Å². The Labute approximate surface area is 95.8 Å². The van der Waals surface area contributed by atoms with Crippen molar-refractivity contribution in [1.29, 1.82) is 0 Å². The van der Waals surface area contributed by atoms with Gasteiger partial charge in [0.1, 0.15) is 5.60 Å². The second kappa shape index (κ2) is 4.79. The van der Waals surface area contributed by atoms with Gasteiger partial charge in [0, 0.05) is 17.5 Å². The van der Waals surface area contributed by atoms with Gasteiger partial charge in [-0.3, -0.25) is 0 Å². The van der Waals surface area contributed by atoms with E-state index in [0.29, 0.717) is 11.9 Å². The van der Waals surface area contributed by atoms with Crippen LogP contribution in [0.5, 0.6) is 6.01 Å². The maximum absolute atomic E-state index is 5.72. The summed E-state index contributed by atoms with van der Waals surface area (Å²) in [4.78, 5) is 8.39. The van der Waals surface area contributed by atoms with Gasteiger partial charge in [0.2, 0.25) is 0 Å². The van der Waals surface area contributed by atoms with E-state index in [0.717, 1.165) is 17.7 Å². The Morgan fingerprint density at radius 1 is 1.47 bits per heavy atom. The smallest absolute Gasteiger partial charge is 0.317 e. The van der Waals surface area contributed by atoms with E-state index >= 15 is 0 Å². The van der Waals surface area contributed by atoms with Gasteiger partial charge in [0.15, 0.2) is 0 Å². The molecule has 4 heteroatoms. The first-order chi connectivity index (χ1) is 6.98. The molecule has 0 aliphatic carbocycles. The van der Waals surface area contributed by atoms with E-state index in [2.05, 4.69) is 16.9 Å². The lowest BCUT2D eigenvalue weighted by Gasteiger charge is -2.23. The second-order valence-electron chi connectivity index (χ2n) is 4.11. The predicted molar refractivity (Wildman–Crippen MR) is 61.3 cm³/mol. The van der Waals surface area contributed by atoms with Gasteiger partial charge in [-0.2, -0.15) is 0 Å². The fourth-order valence-corrected chi connectivity index (χ4v) is 1.23. The summed E-state index contributed by atoms with van der Waals surface area (Å²) in [5, 5.41) is 0. The Morgan fingerprint density at radius 3 is 2.60 bits per heavy atom. The van der Waals surface area contributed by atoms with Crippen LogP contribution in [0.1, 0.15) is 38.4 Å². The molecule has 0 atom stereocenters. The van der Waals surface area contributed by atoms with Crippen LogP contribution in [0.4, 0.5) is 0 Å². The number of halogens is 1. The monoisotopic (exact) mass is 228 g/mol. The highest BCUT2D eigenvalue weighted by atomic mass is 35.5. The molecule has 15 heavy (non-hydrogen) atoms. The van der Waals surface area contributed by atoms with Crippen LogP contribution < -0.4 is 4.74 Å². The molecule has 1 rings (SSSR count). The molecule has 0 radical (unpaired) electrons. The van der Waals surface area contributed by atoms with Crippen LogP contribution >= 0.6 is 11.6 Å². The molecule has 0 saturated heterocycles. The topological polar surface area (TPSA) is 35.0 Å². The molecule has 0 saturated carbocycles. The largest absolute Gasteiger partial charge is 0.457 e. The van der Waals surface area contributed by atoms with Crippen molar-refractivity contribution in [2.75, 3.05) is 0 Å². The lowest BCUT2D eigenvalue weighted by Crippen LogP contribution is -2.27. The fraction of sp³-hybridized carbons (Fsp3) is 0.636. The molecule has 0 aliphatic rings. The van der Waals surface area contributed by atoms with Crippen molar-refractivity contribution < 1.29 is 4.74 Å². The molecule has 0 bridgehead atoms. The highest BCUT2D eigenvalue weighted by Gasteiger charge is 2.18. The maximum Gasteiger partial charge on any atom is 0.317 e. The summed E-state index contributed by atoms with van der Waals surface area (Å²) in [7, 11) is 0. The Bertz CT molecular complexity index is 339. The zero-order chi connectivity index (χ0) is 11.5. The minimum atomic E-state index is -0.227. The molecule has 3 nitrogen and oxygen atoms in total. The Balaban J connectivity index is 2.84. The molecule has 0 unspecified atom stereocenters. The van der Waals surface area contributed by atoms with Crippen molar-refractivity contribution >= 4 is 11.6 Å². The number of aromatic nitrogens is 2. The SMILES string of the molecule is CCC(C)(C)Oc1ncc(CCl)c(C)n1. The van der Waals surface area contributed by atoms with Gasteiger partial charge in [0.25, 0.3) is 0 Å². The second-order valence-corrected chi connectivity index (χ2v) is 4.38. The summed E-state index contributed by atoms with van der Waals surface area (Å²) in [6.07, 6.45) is 2.63. The molecule has 1 heterocycles. The molecular weight excluding hydrogens is 212 g/mol. The first-order valence-electron chi connectivity index (χ1n) is 5.06. The van der Waals surface area contributed by atoms with E-state index in [1.807, 2.05) is 20.8 Å². The molecule has 1 aromatic rings. The Kier molecular flexibility index (Phi) is 3.91. The number of nitrogens with zero attached hydrogens (tertiary/aromatic N) is 2. The first-order valence-corrected chi connectivity index (χ1v) is 5.59. The third-order valence-corrected chi connectivity index (χ3v) is 2.71. The summed E-state index contributed by atoms with van der Waals surface area (Å²) >= 11 is 5.72. The zero-order valence-electron chi connectivity index (χ0n) is 9.67. The molecular formula is C11H17ClN2O. The molecule has 0 aromatic carbocycles. The standard InChI is InChI=1S/C11H17ClN2O/c1-5-11(3,4)15-10-13-7-9(6-12)8(2)14-10/h7H,5-6H2,1-4H3. The number of rotatable bonds is 4. The maximum atomic E-state index is 5.72. The quantitative estimate of drug-likeness (QED) is 0.743. The van der Waals surface area contributed by atoms with Crippen LogP contribution in [0.3, 0.4) is 0 Å². The molecule has 84 valence electrons. The van der Waals surface area contributed by atoms with Crippen molar-refractivity contribution in [3.05, 3.63) is 17.5 Å². The highest BCUT2D eigenvalue weighted by Crippen LogP contribution is 2.18. The van der Waals surface area contributed by atoms with Gasteiger partial charge in [-0.05, 0) is 27.2 Å². The number of hydrogen-bond donors (Lipinski definition) is 0. The van der Waals surface area contributed by atoms with Gasteiger partial charge < -0.3 is 4.74 Å². The summed E-state index contributed by atoms with van der Waals surface area (Å²) in [5.41, 5.74) is 1.59. The molecule has 0 spiro atoms. The van der Waals surface area contributed by atoms with Crippen molar-refractivity contribution in [2.24, 2.45) is 0 Å². The van der Waals surface area contributed by atoms with E-state index in [1.54, 1.807) is 6.20 Å². The van der Waals surface area contributed by atoms with Gasteiger partial charge in [-0.1, -0.05) is 6.92 Å². The molecule has 0 fully saturated rings. The van der Waals surface area contributed by atoms with Crippen molar-refractivity contribution in [3.63, 3.8) is 0 Å². The summed E-state index contributed by atoms with van der Waals surface area (Å²) in [6, 6.07) is 0.424. The van der Waals surface area contributed by atoms with E-state index < -0.39 is 0 Å².